The number of rotatable bonds is 3. The summed E-state index contributed by atoms with van der Waals surface area (Å²) in [5.41, 5.74) is 6.85. The number of halogens is 3. The monoisotopic (exact) mass is 285 g/mol. The van der Waals surface area contributed by atoms with Gasteiger partial charge in [-0.3, -0.25) is 0 Å². The Morgan fingerprint density at radius 3 is 2.50 bits per heavy atom. The summed E-state index contributed by atoms with van der Waals surface area (Å²) in [6.07, 6.45) is 0. The van der Waals surface area contributed by atoms with Gasteiger partial charge in [0.2, 0.25) is 0 Å². The fourth-order valence-electron chi connectivity index (χ4n) is 1.39. The van der Waals surface area contributed by atoms with Crippen molar-refractivity contribution in [1.29, 1.82) is 0 Å². The van der Waals surface area contributed by atoms with E-state index in [1.54, 1.807) is 24.3 Å². The van der Waals surface area contributed by atoms with E-state index in [0.717, 1.165) is 5.56 Å². The van der Waals surface area contributed by atoms with Crippen LogP contribution in [0, 0.1) is 5.82 Å². The van der Waals surface area contributed by atoms with E-state index in [1.807, 2.05) is 0 Å². The van der Waals surface area contributed by atoms with E-state index in [0.29, 0.717) is 16.5 Å². The second kappa shape index (κ2) is 5.46. The van der Waals surface area contributed by atoms with Gasteiger partial charge in [0.15, 0.2) is 0 Å². The van der Waals surface area contributed by atoms with Gasteiger partial charge in [0.05, 0.1) is 15.7 Å². The van der Waals surface area contributed by atoms with Crippen LogP contribution in [0.25, 0.3) is 0 Å². The van der Waals surface area contributed by atoms with Gasteiger partial charge < -0.3 is 10.5 Å². The van der Waals surface area contributed by atoms with Crippen LogP contribution in [-0.2, 0) is 6.61 Å². The topological polar surface area (TPSA) is 35.2 Å². The first-order valence-electron chi connectivity index (χ1n) is 5.18. The third kappa shape index (κ3) is 3.06. The molecule has 0 unspecified atom stereocenters. The van der Waals surface area contributed by atoms with Crippen molar-refractivity contribution in [3.8, 4) is 5.75 Å². The zero-order chi connectivity index (χ0) is 13.1. The lowest BCUT2D eigenvalue weighted by atomic mass is 10.2. The summed E-state index contributed by atoms with van der Waals surface area (Å²) in [4.78, 5) is 0. The summed E-state index contributed by atoms with van der Waals surface area (Å²) in [6, 6.07) is 9.44. The molecule has 94 valence electrons. The maximum absolute atomic E-state index is 13.0. The molecule has 0 aromatic heterocycles. The van der Waals surface area contributed by atoms with E-state index in [-0.39, 0.29) is 11.6 Å². The Kier molecular flexibility index (Phi) is 3.94. The average molecular weight is 286 g/mol. The molecule has 0 heterocycles. The van der Waals surface area contributed by atoms with Gasteiger partial charge in [0, 0.05) is 6.07 Å². The fraction of sp³-hybridized carbons (Fsp3) is 0.0769. The van der Waals surface area contributed by atoms with E-state index < -0.39 is 5.82 Å². The summed E-state index contributed by atoms with van der Waals surface area (Å²) in [5, 5.41) is 0.510. The summed E-state index contributed by atoms with van der Waals surface area (Å²) in [5.74, 6) is 0.144. The SMILES string of the molecule is Nc1ccc(OCc2ccc(F)c(Cl)c2)cc1Cl. The van der Waals surface area contributed by atoms with Crippen LogP contribution in [-0.4, -0.2) is 0 Å². The maximum Gasteiger partial charge on any atom is 0.141 e. The van der Waals surface area contributed by atoms with E-state index in [4.69, 9.17) is 33.7 Å². The third-order valence-corrected chi connectivity index (χ3v) is 2.98. The number of benzene rings is 2. The summed E-state index contributed by atoms with van der Waals surface area (Å²) in [6.45, 7) is 0.278. The minimum atomic E-state index is -0.448. The van der Waals surface area contributed by atoms with Crippen LogP contribution in [0.3, 0.4) is 0 Å². The smallest absolute Gasteiger partial charge is 0.141 e. The minimum absolute atomic E-state index is 0.0754. The largest absolute Gasteiger partial charge is 0.489 e. The number of ether oxygens (including phenoxy) is 1. The first-order chi connectivity index (χ1) is 8.56. The number of nitrogen functional groups attached to an aromatic ring is 1. The maximum atomic E-state index is 13.0. The normalized spacial score (nSPS) is 10.4. The molecule has 5 heteroatoms. The molecule has 0 amide bonds. The van der Waals surface area contributed by atoms with Crippen LogP contribution < -0.4 is 10.5 Å². The van der Waals surface area contributed by atoms with Crippen molar-refractivity contribution in [3.63, 3.8) is 0 Å². The molecule has 0 saturated heterocycles. The zero-order valence-electron chi connectivity index (χ0n) is 9.29. The van der Waals surface area contributed by atoms with Crippen molar-refractivity contribution in [2.75, 3.05) is 5.73 Å². The summed E-state index contributed by atoms with van der Waals surface area (Å²) >= 11 is 11.5. The summed E-state index contributed by atoms with van der Waals surface area (Å²) < 4.78 is 18.5. The van der Waals surface area contributed by atoms with Crippen LogP contribution in [0.15, 0.2) is 36.4 Å². The lowest BCUT2D eigenvalue weighted by Crippen LogP contribution is -1.96. The molecule has 18 heavy (non-hydrogen) atoms. The van der Waals surface area contributed by atoms with Gasteiger partial charge in [0.25, 0.3) is 0 Å². The van der Waals surface area contributed by atoms with Crippen molar-refractivity contribution < 1.29 is 9.13 Å². The Balaban J connectivity index is 2.06. The number of nitrogens with two attached hydrogens (primary N) is 1. The standard InChI is InChI=1S/C13H10Cl2FNO/c14-10-5-8(1-3-12(10)16)7-18-9-2-4-13(17)11(15)6-9/h1-6H,7,17H2. The Labute approximate surface area is 114 Å². The van der Waals surface area contributed by atoms with E-state index in [1.165, 1.54) is 12.1 Å². The minimum Gasteiger partial charge on any atom is -0.489 e. The first kappa shape index (κ1) is 13.0. The Bertz CT molecular complexity index is 523. The zero-order valence-corrected chi connectivity index (χ0v) is 10.8. The molecule has 2 rings (SSSR count). The molecule has 2 nitrogen and oxygen atoms in total. The molecular weight excluding hydrogens is 276 g/mol. The number of hydrogen-bond donors (Lipinski definition) is 1. The van der Waals surface area contributed by atoms with Crippen molar-refractivity contribution in [2.24, 2.45) is 0 Å². The van der Waals surface area contributed by atoms with Crippen LogP contribution >= 0.6 is 23.2 Å². The highest BCUT2D eigenvalue weighted by Crippen LogP contribution is 2.25. The highest BCUT2D eigenvalue weighted by Gasteiger charge is 2.03. The lowest BCUT2D eigenvalue weighted by molar-refractivity contribution is 0.306. The van der Waals surface area contributed by atoms with Gasteiger partial charge in [-0.15, -0.1) is 0 Å². The van der Waals surface area contributed by atoms with Gasteiger partial charge in [-0.25, -0.2) is 4.39 Å². The van der Waals surface area contributed by atoms with Crippen LogP contribution in [0.5, 0.6) is 5.75 Å². The second-order valence-electron chi connectivity index (χ2n) is 3.72. The molecule has 0 saturated carbocycles. The van der Waals surface area contributed by atoms with E-state index >= 15 is 0 Å². The van der Waals surface area contributed by atoms with Crippen molar-refractivity contribution in [1.82, 2.24) is 0 Å². The molecule has 0 aliphatic heterocycles. The third-order valence-electron chi connectivity index (χ3n) is 2.36. The molecule has 0 fully saturated rings. The van der Waals surface area contributed by atoms with Crippen molar-refractivity contribution >= 4 is 28.9 Å². The molecular formula is C13H10Cl2FNO. The molecule has 0 spiro atoms. The highest BCUT2D eigenvalue weighted by atomic mass is 35.5. The number of anilines is 1. The molecule has 0 radical (unpaired) electrons. The van der Waals surface area contributed by atoms with Gasteiger partial charge in [-0.05, 0) is 29.8 Å². The Morgan fingerprint density at radius 2 is 1.83 bits per heavy atom. The fourth-order valence-corrected chi connectivity index (χ4v) is 1.77. The molecule has 0 aliphatic carbocycles. The molecule has 0 aliphatic rings. The van der Waals surface area contributed by atoms with Gasteiger partial charge in [-0.1, -0.05) is 29.3 Å². The van der Waals surface area contributed by atoms with Crippen LogP contribution in [0.1, 0.15) is 5.56 Å². The van der Waals surface area contributed by atoms with Gasteiger partial charge in [0.1, 0.15) is 18.2 Å². The van der Waals surface area contributed by atoms with Crippen molar-refractivity contribution in [3.05, 3.63) is 57.8 Å². The number of hydrogen-bond acceptors (Lipinski definition) is 2. The van der Waals surface area contributed by atoms with E-state index in [2.05, 4.69) is 0 Å². The molecule has 2 aromatic rings. The second-order valence-corrected chi connectivity index (χ2v) is 4.53. The molecule has 0 bridgehead atoms. The summed E-state index contributed by atoms with van der Waals surface area (Å²) in [7, 11) is 0. The van der Waals surface area contributed by atoms with Gasteiger partial charge in [-0.2, -0.15) is 0 Å². The van der Waals surface area contributed by atoms with E-state index in [9.17, 15) is 4.39 Å². The Hall–Kier alpha value is -1.45. The lowest BCUT2D eigenvalue weighted by Gasteiger charge is -2.08. The Morgan fingerprint density at radius 1 is 1.06 bits per heavy atom. The van der Waals surface area contributed by atoms with Crippen LogP contribution in [0.2, 0.25) is 10.0 Å². The van der Waals surface area contributed by atoms with Crippen molar-refractivity contribution in [2.45, 2.75) is 6.61 Å². The molecule has 0 atom stereocenters. The van der Waals surface area contributed by atoms with Crippen LogP contribution in [0.4, 0.5) is 10.1 Å². The van der Waals surface area contributed by atoms with Gasteiger partial charge >= 0.3 is 0 Å². The molecule has 2 aromatic carbocycles. The predicted molar refractivity (Wildman–Crippen MR) is 71.6 cm³/mol. The molecule has 2 N–H and O–H groups in total. The first-order valence-corrected chi connectivity index (χ1v) is 5.93. The highest BCUT2D eigenvalue weighted by molar-refractivity contribution is 6.33. The quantitative estimate of drug-likeness (QED) is 0.854. The average Bonchev–Trinajstić information content (AvgIpc) is 2.35. The predicted octanol–water partition coefficient (Wildman–Crippen LogP) is 4.29.